The van der Waals surface area contributed by atoms with Crippen molar-refractivity contribution >= 4 is 33.6 Å². The molecule has 4 rings (SSSR count). The molecule has 1 aliphatic heterocycles. The molecule has 162 valence electrons. The van der Waals surface area contributed by atoms with Crippen molar-refractivity contribution in [3.8, 4) is 0 Å². The smallest absolute Gasteiger partial charge is 0.238 e. The van der Waals surface area contributed by atoms with Crippen LogP contribution in [0.3, 0.4) is 0 Å². The highest BCUT2D eigenvalue weighted by molar-refractivity contribution is 9.10. The Morgan fingerprint density at radius 1 is 1.23 bits per heavy atom. The number of hydrogen-bond donors (Lipinski definition) is 3. The SMILES string of the molecule is CSc1nnc(CCCNC(=O)C2CC(c3ccc(Br)cc3)NN2)n1C1CCCC1. The zero-order chi connectivity index (χ0) is 20.9. The summed E-state index contributed by atoms with van der Waals surface area (Å²) in [6.45, 7) is 0.645. The molecule has 2 aromatic rings. The van der Waals surface area contributed by atoms with Gasteiger partial charge in [0.05, 0.1) is 0 Å². The first kappa shape index (κ1) is 21.8. The van der Waals surface area contributed by atoms with E-state index in [1.54, 1.807) is 11.8 Å². The number of hydrazine groups is 1. The number of amides is 1. The van der Waals surface area contributed by atoms with Crippen molar-refractivity contribution in [3.63, 3.8) is 0 Å². The van der Waals surface area contributed by atoms with Gasteiger partial charge in [0.15, 0.2) is 5.16 Å². The van der Waals surface area contributed by atoms with Crippen molar-refractivity contribution in [3.05, 3.63) is 40.1 Å². The van der Waals surface area contributed by atoms with Gasteiger partial charge < -0.3 is 9.88 Å². The average Bonchev–Trinajstić information content (AvgIpc) is 3.51. The van der Waals surface area contributed by atoms with Crippen LogP contribution in [-0.2, 0) is 11.2 Å². The minimum absolute atomic E-state index is 0.0455. The Kier molecular flexibility index (Phi) is 7.45. The first-order chi connectivity index (χ1) is 14.7. The summed E-state index contributed by atoms with van der Waals surface area (Å²) in [7, 11) is 0. The van der Waals surface area contributed by atoms with Gasteiger partial charge in [-0.25, -0.2) is 10.9 Å². The normalized spacial score (nSPS) is 21.9. The molecule has 1 aromatic carbocycles. The number of aromatic nitrogens is 3. The molecule has 1 aliphatic carbocycles. The van der Waals surface area contributed by atoms with Gasteiger partial charge in [-0.1, -0.05) is 52.7 Å². The fourth-order valence-electron chi connectivity index (χ4n) is 4.37. The highest BCUT2D eigenvalue weighted by Gasteiger charge is 2.30. The van der Waals surface area contributed by atoms with Crippen LogP contribution in [0.4, 0.5) is 0 Å². The monoisotopic (exact) mass is 492 g/mol. The summed E-state index contributed by atoms with van der Waals surface area (Å²) in [6, 6.07) is 8.66. The Hall–Kier alpha value is -1.42. The quantitative estimate of drug-likeness (QED) is 0.386. The van der Waals surface area contributed by atoms with Crippen molar-refractivity contribution in [2.75, 3.05) is 12.8 Å². The fourth-order valence-corrected chi connectivity index (χ4v) is 5.21. The second kappa shape index (κ2) is 10.3. The first-order valence-electron chi connectivity index (χ1n) is 10.7. The molecular weight excluding hydrogens is 464 g/mol. The molecule has 1 saturated carbocycles. The number of thioether (sulfide) groups is 1. The Morgan fingerprint density at radius 3 is 2.73 bits per heavy atom. The number of halogens is 1. The third-order valence-corrected chi connectivity index (χ3v) is 7.15. The molecule has 2 atom stereocenters. The van der Waals surface area contributed by atoms with Gasteiger partial charge in [-0.05, 0) is 49.6 Å². The van der Waals surface area contributed by atoms with Gasteiger partial charge >= 0.3 is 0 Å². The van der Waals surface area contributed by atoms with E-state index < -0.39 is 0 Å². The maximum Gasteiger partial charge on any atom is 0.238 e. The van der Waals surface area contributed by atoms with Crippen LogP contribution in [0.5, 0.6) is 0 Å². The highest BCUT2D eigenvalue weighted by Crippen LogP contribution is 2.33. The molecular formula is C21H29BrN6OS. The molecule has 0 bridgehead atoms. The maximum atomic E-state index is 12.6. The first-order valence-corrected chi connectivity index (χ1v) is 12.7. The summed E-state index contributed by atoms with van der Waals surface area (Å²) in [5.74, 6) is 1.10. The molecule has 0 spiro atoms. The third-order valence-electron chi connectivity index (χ3n) is 5.98. The van der Waals surface area contributed by atoms with Crippen LogP contribution < -0.4 is 16.2 Å². The van der Waals surface area contributed by atoms with Crippen LogP contribution in [0, 0.1) is 0 Å². The van der Waals surface area contributed by atoms with E-state index in [9.17, 15) is 4.79 Å². The van der Waals surface area contributed by atoms with Gasteiger partial charge in [0.25, 0.3) is 0 Å². The summed E-state index contributed by atoms with van der Waals surface area (Å²) in [5, 5.41) is 12.9. The van der Waals surface area contributed by atoms with Crippen molar-refractivity contribution in [1.82, 2.24) is 30.9 Å². The molecule has 2 heterocycles. The van der Waals surface area contributed by atoms with Crippen molar-refractivity contribution in [1.29, 1.82) is 0 Å². The van der Waals surface area contributed by atoms with Crippen molar-refractivity contribution in [2.45, 2.75) is 68.2 Å². The average molecular weight is 493 g/mol. The Labute approximate surface area is 190 Å². The standard InChI is InChI=1S/C21H29BrN6OS/c1-30-21-27-26-19(28(21)16-5-2-3-6-16)7-4-12-23-20(29)18-13-17(24-25-18)14-8-10-15(22)11-9-14/h8-11,16-18,24-25H,2-7,12-13H2,1H3,(H,23,29). The summed E-state index contributed by atoms with van der Waals surface area (Å²) >= 11 is 5.12. The predicted molar refractivity (Wildman–Crippen MR) is 122 cm³/mol. The lowest BCUT2D eigenvalue weighted by Crippen LogP contribution is -2.43. The number of nitrogens with zero attached hydrogens (tertiary/aromatic N) is 3. The minimum Gasteiger partial charge on any atom is -0.355 e. The maximum absolute atomic E-state index is 12.6. The lowest BCUT2D eigenvalue weighted by Gasteiger charge is -2.16. The van der Waals surface area contributed by atoms with Crippen molar-refractivity contribution < 1.29 is 4.79 Å². The van der Waals surface area contributed by atoms with E-state index in [2.05, 4.69) is 65.3 Å². The fraction of sp³-hybridized carbons (Fsp3) is 0.571. The topological polar surface area (TPSA) is 83.9 Å². The van der Waals surface area contributed by atoms with E-state index in [1.807, 2.05) is 12.1 Å². The Bertz CT molecular complexity index is 852. The lowest BCUT2D eigenvalue weighted by atomic mass is 10.0. The van der Waals surface area contributed by atoms with Crippen LogP contribution in [-0.4, -0.2) is 39.5 Å². The highest BCUT2D eigenvalue weighted by atomic mass is 79.9. The molecule has 2 fully saturated rings. The van der Waals surface area contributed by atoms with Gasteiger partial charge in [-0.15, -0.1) is 10.2 Å². The Balaban J connectivity index is 1.24. The number of carbonyl (C=O) groups is 1. The van der Waals surface area contributed by atoms with Crippen LogP contribution in [0.15, 0.2) is 33.9 Å². The zero-order valence-corrected chi connectivity index (χ0v) is 19.6. The molecule has 7 nitrogen and oxygen atoms in total. The number of carbonyl (C=O) groups excluding carboxylic acids is 1. The molecule has 1 amide bonds. The van der Waals surface area contributed by atoms with Crippen LogP contribution in [0.25, 0.3) is 0 Å². The van der Waals surface area contributed by atoms with Gasteiger partial charge in [0.2, 0.25) is 5.91 Å². The lowest BCUT2D eigenvalue weighted by molar-refractivity contribution is -0.122. The molecule has 1 aromatic heterocycles. The summed E-state index contributed by atoms with van der Waals surface area (Å²) < 4.78 is 3.39. The number of rotatable bonds is 8. The molecule has 1 saturated heterocycles. The zero-order valence-electron chi connectivity index (χ0n) is 17.2. The van der Waals surface area contributed by atoms with E-state index in [-0.39, 0.29) is 18.0 Å². The van der Waals surface area contributed by atoms with Crippen LogP contribution in [0.1, 0.15) is 62.0 Å². The van der Waals surface area contributed by atoms with Gasteiger partial charge in [-0.2, -0.15) is 0 Å². The third kappa shape index (κ3) is 5.07. The Morgan fingerprint density at radius 2 is 2.00 bits per heavy atom. The van der Waals surface area contributed by atoms with Crippen molar-refractivity contribution in [2.24, 2.45) is 0 Å². The second-order valence-corrected chi connectivity index (χ2v) is 9.68. The second-order valence-electron chi connectivity index (χ2n) is 7.99. The van der Waals surface area contributed by atoms with E-state index in [1.165, 1.54) is 31.2 Å². The molecule has 3 N–H and O–H groups in total. The molecule has 2 aliphatic rings. The summed E-state index contributed by atoms with van der Waals surface area (Å²) in [5.41, 5.74) is 7.55. The number of hydrogen-bond acceptors (Lipinski definition) is 6. The van der Waals surface area contributed by atoms with E-state index >= 15 is 0 Å². The number of nitrogens with one attached hydrogen (secondary N) is 3. The number of benzene rings is 1. The van der Waals surface area contributed by atoms with Crippen LogP contribution in [0.2, 0.25) is 0 Å². The molecule has 9 heteroatoms. The summed E-state index contributed by atoms with van der Waals surface area (Å²) in [4.78, 5) is 12.6. The van der Waals surface area contributed by atoms with Crippen LogP contribution >= 0.6 is 27.7 Å². The van der Waals surface area contributed by atoms with Gasteiger partial charge in [0.1, 0.15) is 11.9 Å². The van der Waals surface area contributed by atoms with Gasteiger partial charge in [0, 0.05) is 29.5 Å². The van der Waals surface area contributed by atoms with Gasteiger partial charge in [-0.3, -0.25) is 4.79 Å². The van der Waals surface area contributed by atoms with E-state index in [0.717, 1.165) is 34.7 Å². The molecule has 2 unspecified atom stereocenters. The van der Waals surface area contributed by atoms with E-state index in [4.69, 9.17) is 0 Å². The summed E-state index contributed by atoms with van der Waals surface area (Å²) in [6.07, 6.45) is 9.50. The van der Waals surface area contributed by atoms with E-state index in [0.29, 0.717) is 12.6 Å². The predicted octanol–water partition coefficient (Wildman–Crippen LogP) is 3.53. The molecule has 30 heavy (non-hydrogen) atoms. The largest absolute Gasteiger partial charge is 0.355 e. The minimum atomic E-state index is -0.219. The number of aryl methyl sites for hydroxylation is 1. The molecule has 0 radical (unpaired) electrons.